The van der Waals surface area contributed by atoms with Gasteiger partial charge in [-0.25, -0.2) is 4.79 Å². The molecule has 0 unspecified atom stereocenters. The average molecular weight is 304 g/mol. The maximum atomic E-state index is 12.0. The molecule has 0 atom stereocenters. The Hall–Kier alpha value is -2.08. The lowest BCUT2D eigenvalue weighted by Gasteiger charge is -2.35. The zero-order valence-electron chi connectivity index (χ0n) is 13.3. The molecule has 0 saturated carbocycles. The molecule has 3 amide bonds. The van der Waals surface area contributed by atoms with Crippen molar-refractivity contribution in [3.8, 4) is 0 Å². The Kier molecular flexibility index (Phi) is 5.77. The summed E-state index contributed by atoms with van der Waals surface area (Å²) >= 11 is 0. The van der Waals surface area contributed by atoms with Gasteiger partial charge in [0.2, 0.25) is 5.91 Å². The van der Waals surface area contributed by atoms with Crippen LogP contribution in [0.5, 0.6) is 0 Å². The molecule has 0 bridgehead atoms. The number of carbonyl (C=O) groups excluding carboxylic acids is 2. The number of nitrogens with zero attached hydrogens (tertiary/aromatic N) is 3. The number of amides is 3. The van der Waals surface area contributed by atoms with Crippen LogP contribution in [0.25, 0.3) is 0 Å². The van der Waals surface area contributed by atoms with E-state index in [1.54, 1.807) is 19.0 Å². The van der Waals surface area contributed by atoms with Crippen LogP contribution < -0.4 is 5.32 Å². The summed E-state index contributed by atoms with van der Waals surface area (Å²) in [5.74, 6) is 0.0243. The second-order valence-electron chi connectivity index (χ2n) is 5.70. The largest absolute Gasteiger partial charge is 0.351 e. The van der Waals surface area contributed by atoms with Crippen molar-refractivity contribution in [1.29, 1.82) is 0 Å². The van der Waals surface area contributed by atoms with Crippen molar-refractivity contribution < 1.29 is 9.59 Å². The third-order valence-corrected chi connectivity index (χ3v) is 3.73. The van der Waals surface area contributed by atoms with Crippen LogP contribution in [0.2, 0.25) is 0 Å². The maximum Gasteiger partial charge on any atom is 0.319 e. The van der Waals surface area contributed by atoms with Crippen LogP contribution in [0.15, 0.2) is 30.3 Å². The number of hydrogen-bond acceptors (Lipinski definition) is 3. The molecule has 6 heteroatoms. The van der Waals surface area contributed by atoms with Gasteiger partial charge < -0.3 is 15.1 Å². The third kappa shape index (κ3) is 4.73. The van der Waals surface area contributed by atoms with E-state index in [2.05, 4.69) is 10.2 Å². The number of rotatable bonds is 4. The summed E-state index contributed by atoms with van der Waals surface area (Å²) in [7, 11) is 3.51. The Morgan fingerprint density at radius 2 is 1.73 bits per heavy atom. The Bertz CT molecular complexity index is 496. The Morgan fingerprint density at radius 3 is 2.32 bits per heavy atom. The zero-order valence-corrected chi connectivity index (χ0v) is 13.3. The number of urea groups is 1. The van der Waals surface area contributed by atoms with E-state index in [0.717, 1.165) is 18.7 Å². The molecule has 0 aromatic heterocycles. The topological polar surface area (TPSA) is 55.9 Å². The van der Waals surface area contributed by atoms with Gasteiger partial charge in [0.1, 0.15) is 0 Å². The summed E-state index contributed by atoms with van der Waals surface area (Å²) in [5, 5.41) is 2.93. The Morgan fingerprint density at radius 1 is 1.09 bits per heavy atom. The molecule has 0 radical (unpaired) electrons. The SMILES string of the molecule is CN(C)C(=O)N1CCN(CC(=O)NCc2ccccc2)CC1. The van der Waals surface area contributed by atoms with Crippen LogP contribution >= 0.6 is 0 Å². The predicted octanol–water partition coefficient (Wildman–Crippen LogP) is 0.602. The van der Waals surface area contributed by atoms with Gasteiger partial charge in [-0.05, 0) is 5.56 Å². The summed E-state index contributed by atoms with van der Waals surface area (Å²) in [6, 6.07) is 9.90. The molecule has 1 saturated heterocycles. The van der Waals surface area contributed by atoms with Crippen LogP contribution in [-0.2, 0) is 11.3 Å². The molecule has 120 valence electrons. The van der Waals surface area contributed by atoms with Crippen LogP contribution in [0.4, 0.5) is 4.79 Å². The highest BCUT2D eigenvalue weighted by Crippen LogP contribution is 2.04. The minimum atomic E-state index is 0.0243. The molecule has 22 heavy (non-hydrogen) atoms. The molecule has 1 aliphatic rings. The summed E-state index contributed by atoms with van der Waals surface area (Å²) in [4.78, 5) is 29.3. The maximum absolute atomic E-state index is 12.0. The fourth-order valence-corrected chi connectivity index (χ4v) is 2.44. The minimum absolute atomic E-state index is 0.0243. The molecule has 0 spiro atoms. The molecular weight excluding hydrogens is 280 g/mol. The van der Waals surface area contributed by atoms with E-state index in [4.69, 9.17) is 0 Å². The molecular formula is C16H24N4O2. The van der Waals surface area contributed by atoms with Crippen LogP contribution in [0.1, 0.15) is 5.56 Å². The lowest BCUT2D eigenvalue weighted by molar-refractivity contribution is -0.122. The number of hydrogen-bond donors (Lipinski definition) is 1. The van der Waals surface area contributed by atoms with E-state index in [1.807, 2.05) is 35.2 Å². The first kappa shape index (κ1) is 16.3. The summed E-state index contributed by atoms with van der Waals surface area (Å²) in [6.45, 7) is 3.75. The second-order valence-corrected chi connectivity index (χ2v) is 5.70. The highest BCUT2D eigenvalue weighted by atomic mass is 16.2. The summed E-state index contributed by atoms with van der Waals surface area (Å²) < 4.78 is 0. The minimum Gasteiger partial charge on any atom is -0.351 e. The van der Waals surface area contributed by atoms with Gasteiger partial charge >= 0.3 is 6.03 Å². The van der Waals surface area contributed by atoms with Crippen molar-refractivity contribution in [2.24, 2.45) is 0 Å². The average Bonchev–Trinajstić information content (AvgIpc) is 2.54. The fourth-order valence-electron chi connectivity index (χ4n) is 2.44. The monoisotopic (exact) mass is 304 g/mol. The first-order valence-corrected chi connectivity index (χ1v) is 7.55. The molecule has 1 heterocycles. The molecule has 6 nitrogen and oxygen atoms in total. The van der Waals surface area contributed by atoms with E-state index in [0.29, 0.717) is 26.2 Å². The molecule has 1 aromatic rings. The Balaban J connectivity index is 1.69. The van der Waals surface area contributed by atoms with Crippen LogP contribution in [-0.4, -0.2) is 73.5 Å². The molecule has 2 rings (SSSR count). The van der Waals surface area contributed by atoms with Gasteiger partial charge in [-0.1, -0.05) is 30.3 Å². The standard InChI is InChI=1S/C16H24N4O2/c1-18(2)16(22)20-10-8-19(9-11-20)13-15(21)17-12-14-6-4-3-5-7-14/h3-7H,8-13H2,1-2H3,(H,17,21). The van der Waals surface area contributed by atoms with Crippen molar-refractivity contribution in [2.75, 3.05) is 46.8 Å². The number of benzene rings is 1. The lowest BCUT2D eigenvalue weighted by atomic mass is 10.2. The van der Waals surface area contributed by atoms with Gasteiger partial charge in [-0.2, -0.15) is 0 Å². The van der Waals surface area contributed by atoms with Gasteiger partial charge in [0.15, 0.2) is 0 Å². The van der Waals surface area contributed by atoms with Crippen molar-refractivity contribution >= 4 is 11.9 Å². The van der Waals surface area contributed by atoms with E-state index >= 15 is 0 Å². The lowest BCUT2D eigenvalue weighted by Crippen LogP contribution is -2.53. The van der Waals surface area contributed by atoms with Crippen molar-refractivity contribution in [3.05, 3.63) is 35.9 Å². The highest BCUT2D eigenvalue weighted by Gasteiger charge is 2.23. The van der Waals surface area contributed by atoms with Gasteiger partial charge in [-0.3, -0.25) is 9.69 Å². The molecule has 1 aromatic carbocycles. The number of carbonyl (C=O) groups is 2. The second kappa shape index (κ2) is 7.79. The van der Waals surface area contributed by atoms with Gasteiger partial charge in [0.05, 0.1) is 6.54 Å². The van der Waals surface area contributed by atoms with Gasteiger partial charge in [0.25, 0.3) is 0 Å². The molecule has 0 aliphatic carbocycles. The summed E-state index contributed by atoms with van der Waals surface area (Å²) in [6.07, 6.45) is 0. The van der Waals surface area contributed by atoms with Gasteiger partial charge in [0, 0.05) is 46.8 Å². The normalized spacial score (nSPS) is 15.5. The van der Waals surface area contributed by atoms with E-state index in [-0.39, 0.29) is 11.9 Å². The van der Waals surface area contributed by atoms with E-state index in [9.17, 15) is 9.59 Å². The van der Waals surface area contributed by atoms with Crippen molar-refractivity contribution in [2.45, 2.75) is 6.54 Å². The van der Waals surface area contributed by atoms with Crippen LogP contribution in [0, 0.1) is 0 Å². The Labute approximate surface area is 131 Å². The van der Waals surface area contributed by atoms with Crippen LogP contribution in [0.3, 0.4) is 0 Å². The molecule has 1 N–H and O–H groups in total. The fraction of sp³-hybridized carbons (Fsp3) is 0.500. The van der Waals surface area contributed by atoms with Crippen molar-refractivity contribution in [1.82, 2.24) is 20.0 Å². The number of nitrogens with one attached hydrogen (secondary N) is 1. The quantitative estimate of drug-likeness (QED) is 0.886. The smallest absolute Gasteiger partial charge is 0.319 e. The van der Waals surface area contributed by atoms with Gasteiger partial charge in [-0.15, -0.1) is 0 Å². The zero-order chi connectivity index (χ0) is 15.9. The molecule has 1 aliphatic heterocycles. The highest BCUT2D eigenvalue weighted by molar-refractivity contribution is 5.78. The first-order chi connectivity index (χ1) is 10.6. The number of piperazine rings is 1. The predicted molar refractivity (Wildman–Crippen MR) is 85.4 cm³/mol. The van der Waals surface area contributed by atoms with E-state index < -0.39 is 0 Å². The summed E-state index contributed by atoms with van der Waals surface area (Å²) in [5.41, 5.74) is 1.09. The molecule has 1 fully saturated rings. The first-order valence-electron chi connectivity index (χ1n) is 7.55. The van der Waals surface area contributed by atoms with E-state index in [1.165, 1.54) is 0 Å². The van der Waals surface area contributed by atoms with Crippen molar-refractivity contribution in [3.63, 3.8) is 0 Å². The third-order valence-electron chi connectivity index (χ3n) is 3.73.